The third kappa shape index (κ3) is 11.0. The number of carbonyl (C=O) groups excluding carboxylic acids is 3. The number of pyridine rings is 1. The van der Waals surface area contributed by atoms with Crippen LogP contribution in [0.2, 0.25) is 0 Å². The van der Waals surface area contributed by atoms with E-state index in [0.29, 0.717) is 56.3 Å². The van der Waals surface area contributed by atoms with E-state index in [1.54, 1.807) is 40.4 Å². The fourth-order valence-electron chi connectivity index (χ4n) is 6.37. The molecule has 256 valence electrons. The van der Waals surface area contributed by atoms with Crippen molar-refractivity contribution >= 4 is 23.8 Å². The Kier molecular flexibility index (Phi) is 12.7. The molecule has 2 fully saturated rings. The van der Waals surface area contributed by atoms with E-state index in [9.17, 15) is 28.7 Å². The van der Waals surface area contributed by atoms with Gasteiger partial charge in [-0.3, -0.25) is 19.4 Å². The molecule has 0 spiro atoms. The molecule has 47 heavy (non-hydrogen) atoms. The molecule has 11 heteroatoms. The molecule has 1 unspecified atom stereocenters. The minimum absolute atomic E-state index is 0.0359. The fraction of sp³-hybridized carbons (Fsp3) is 0.583. The molecule has 0 bridgehead atoms. The average Bonchev–Trinajstić information content (AvgIpc) is 3.05. The summed E-state index contributed by atoms with van der Waals surface area (Å²) in [5.41, 5.74) is 1.64. The molecule has 2 aliphatic heterocycles. The van der Waals surface area contributed by atoms with Crippen LogP contribution < -0.4 is 4.74 Å². The third-order valence-corrected chi connectivity index (χ3v) is 8.87. The van der Waals surface area contributed by atoms with Crippen molar-refractivity contribution in [1.82, 2.24) is 14.8 Å². The Hall–Kier alpha value is -4.02. The van der Waals surface area contributed by atoms with Gasteiger partial charge in [0.25, 0.3) is 0 Å². The van der Waals surface area contributed by atoms with Gasteiger partial charge in [-0.15, -0.1) is 0 Å². The van der Waals surface area contributed by atoms with Crippen LogP contribution in [0.1, 0.15) is 83.6 Å². The van der Waals surface area contributed by atoms with Crippen LogP contribution in [0.25, 0.3) is 11.1 Å². The summed E-state index contributed by atoms with van der Waals surface area (Å²) in [7, 11) is 0. The number of carboxylic acid groups (broad SMARTS) is 1. The lowest BCUT2D eigenvalue weighted by molar-refractivity contribution is -0.137. The number of Topliss-reactive ketones (excluding diaryl/α,β-unsaturated/α-hetero) is 1. The molecule has 10 nitrogen and oxygen atoms in total. The number of aromatic nitrogens is 1. The lowest BCUT2D eigenvalue weighted by Gasteiger charge is -2.35. The first-order valence-electron chi connectivity index (χ1n) is 16.7. The number of ether oxygens (including phenoxy) is 2. The Morgan fingerprint density at radius 2 is 1.77 bits per heavy atom. The smallest absolute Gasteiger partial charge is 0.410 e. The molecule has 2 saturated heterocycles. The highest BCUT2D eigenvalue weighted by Gasteiger charge is 2.32. The molecule has 2 aromatic rings. The first-order chi connectivity index (χ1) is 22.4. The number of hydrogen-bond acceptors (Lipinski definition) is 7. The summed E-state index contributed by atoms with van der Waals surface area (Å²) in [5.74, 6) is -1.07. The summed E-state index contributed by atoms with van der Waals surface area (Å²) < 4.78 is 23.5. The Balaban J connectivity index is 1.32. The summed E-state index contributed by atoms with van der Waals surface area (Å²) in [6.45, 7) is 7.09. The zero-order chi connectivity index (χ0) is 34.0. The van der Waals surface area contributed by atoms with Gasteiger partial charge >= 0.3 is 12.1 Å². The normalized spacial score (nSPS) is 18.0. The van der Waals surface area contributed by atoms with Crippen molar-refractivity contribution in [2.45, 2.75) is 83.7 Å². The van der Waals surface area contributed by atoms with Crippen molar-refractivity contribution in [2.75, 3.05) is 39.5 Å². The van der Waals surface area contributed by atoms with Crippen LogP contribution in [0.15, 0.2) is 42.7 Å². The molecule has 0 saturated carbocycles. The lowest BCUT2D eigenvalue weighted by atomic mass is 9.84. The molecule has 0 aliphatic carbocycles. The van der Waals surface area contributed by atoms with Gasteiger partial charge in [-0.25, -0.2) is 9.18 Å². The molecular weight excluding hydrogens is 605 g/mol. The van der Waals surface area contributed by atoms with E-state index in [1.165, 1.54) is 0 Å². The largest absolute Gasteiger partial charge is 0.491 e. The van der Waals surface area contributed by atoms with E-state index in [1.807, 2.05) is 32.9 Å². The number of hydrogen-bond donors (Lipinski definition) is 1. The van der Waals surface area contributed by atoms with Gasteiger partial charge in [0.15, 0.2) is 0 Å². The number of amides is 2. The van der Waals surface area contributed by atoms with E-state index in [0.717, 1.165) is 36.8 Å². The molecule has 4 rings (SSSR count). The Bertz CT molecular complexity index is 1390. The standard InChI is InChI=1S/C36H48FN3O7/c1-36(2,3)47-35(45)39-15-11-25(12-16-39)9-10-33(42)40-14-5-7-27(24-40)32(41)20-28(21-34(43)44)30-18-29(22-38-23-30)26-6-4-8-31(19-26)46-17-13-37/h4,6,8,18-19,22-23,25,27-28H,5,7,9-17,20-21,24H2,1-3H3,(H,43,44)/t27-,28?/m1/s1. The van der Waals surface area contributed by atoms with E-state index >= 15 is 0 Å². The number of aliphatic carboxylic acids is 1. The zero-order valence-electron chi connectivity index (χ0n) is 27.8. The minimum atomic E-state index is -1.01. The summed E-state index contributed by atoms with van der Waals surface area (Å²) in [4.78, 5) is 58.8. The van der Waals surface area contributed by atoms with E-state index in [-0.39, 0.29) is 43.2 Å². The van der Waals surface area contributed by atoms with Gasteiger partial charge in [-0.1, -0.05) is 12.1 Å². The first-order valence-corrected chi connectivity index (χ1v) is 16.7. The predicted octanol–water partition coefficient (Wildman–Crippen LogP) is 6.28. The van der Waals surface area contributed by atoms with Gasteiger partial charge in [0.2, 0.25) is 5.91 Å². The number of ketones is 1. The van der Waals surface area contributed by atoms with Gasteiger partial charge in [-0.2, -0.15) is 0 Å². The van der Waals surface area contributed by atoms with Gasteiger partial charge in [0, 0.05) is 68.8 Å². The zero-order valence-corrected chi connectivity index (χ0v) is 27.8. The Morgan fingerprint density at radius 3 is 2.47 bits per heavy atom. The summed E-state index contributed by atoms with van der Waals surface area (Å²) in [6.07, 6.45) is 6.96. The summed E-state index contributed by atoms with van der Waals surface area (Å²) in [5, 5.41) is 9.68. The van der Waals surface area contributed by atoms with E-state index in [4.69, 9.17) is 9.47 Å². The number of piperidine rings is 2. The number of alkyl halides is 1. The molecule has 2 amide bonds. The second kappa shape index (κ2) is 16.7. The molecule has 2 atom stereocenters. The van der Waals surface area contributed by atoms with Crippen LogP contribution in [0.4, 0.5) is 9.18 Å². The quantitative estimate of drug-likeness (QED) is 0.268. The summed E-state index contributed by atoms with van der Waals surface area (Å²) in [6, 6.07) is 9.00. The van der Waals surface area contributed by atoms with Crippen LogP contribution >= 0.6 is 0 Å². The summed E-state index contributed by atoms with van der Waals surface area (Å²) >= 11 is 0. The highest BCUT2D eigenvalue weighted by Crippen LogP contribution is 2.32. The average molecular weight is 654 g/mol. The lowest BCUT2D eigenvalue weighted by Crippen LogP contribution is -2.43. The predicted molar refractivity (Wildman–Crippen MR) is 175 cm³/mol. The van der Waals surface area contributed by atoms with E-state index < -0.39 is 24.2 Å². The van der Waals surface area contributed by atoms with E-state index in [2.05, 4.69) is 4.98 Å². The van der Waals surface area contributed by atoms with Crippen LogP contribution in [-0.2, 0) is 19.1 Å². The highest BCUT2D eigenvalue weighted by molar-refractivity contribution is 5.84. The molecule has 1 aromatic carbocycles. The monoisotopic (exact) mass is 653 g/mol. The van der Waals surface area contributed by atoms with Gasteiger partial charge < -0.3 is 24.4 Å². The van der Waals surface area contributed by atoms with Crippen LogP contribution in [-0.4, -0.2) is 88.7 Å². The highest BCUT2D eigenvalue weighted by atomic mass is 19.1. The van der Waals surface area contributed by atoms with Gasteiger partial charge in [-0.05, 0) is 88.1 Å². The van der Waals surface area contributed by atoms with Crippen molar-refractivity contribution < 1.29 is 38.1 Å². The number of carboxylic acids is 1. The topological polar surface area (TPSA) is 126 Å². The molecule has 1 aromatic heterocycles. The van der Waals surface area contributed by atoms with Gasteiger partial charge in [0.1, 0.15) is 30.4 Å². The second-order valence-electron chi connectivity index (χ2n) is 13.7. The first kappa shape index (κ1) is 35.8. The minimum Gasteiger partial charge on any atom is -0.491 e. The SMILES string of the molecule is CC(C)(C)OC(=O)N1CCC(CCC(=O)N2CCC[C@@H](C(=O)CC(CC(=O)O)c3cncc(-c4cccc(OCCF)c4)c3)C2)CC1. The van der Waals surface area contributed by atoms with Crippen molar-refractivity contribution in [1.29, 1.82) is 0 Å². The maximum absolute atomic E-state index is 13.6. The van der Waals surface area contributed by atoms with Crippen LogP contribution in [0, 0.1) is 11.8 Å². The maximum atomic E-state index is 13.6. The van der Waals surface area contributed by atoms with Gasteiger partial charge in [0.05, 0.1) is 6.42 Å². The second-order valence-corrected chi connectivity index (χ2v) is 13.7. The van der Waals surface area contributed by atoms with Crippen molar-refractivity contribution in [2.24, 2.45) is 11.8 Å². The number of nitrogens with zero attached hydrogens (tertiary/aromatic N) is 3. The molecule has 1 N–H and O–H groups in total. The Labute approximate surface area is 276 Å². The molecule has 0 radical (unpaired) electrons. The third-order valence-electron chi connectivity index (χ3n) is 8.87. The molecule has 3 heterocycles. The number of halogens is 1. The fourth-order valence-corrected chi connectivity index (χ4v) is 6.37. The van der Waals surface area contributed by atoms with Crippen molar-refractivity contribution in [3.8, 4) is 16.9 Å². The molecular formula is C36H48FN3O7. The number of benzene rings is 1. The van der Waals surface area contributed by atoms with Crippen LogP contribution in [0.5, 0.6) is 5.75 Å². The van der Waals surface area contributed by atoms with Crippen molar-refractivity contribution in [3.05, 3.63) is 48.3 Å². The number of rotatable bonds is 13. The van der Waals surface area contributed by atoms with Crippen LogP contribution in [0.3, 0.4) is 0 Å². The molecule has 2 aliphatic rings. The Morgan fingerprint density at radius 1 is 1.00 bits per heavy atom. The number of likely N-dealkylation sites (tertiary alicyclic amines) is 2. The van der Waals surface area contributed by atoms with Crippen molar-refractivity contribution in [3.63, 3.8) is 0 Å². The number of carbonyl (C=O) groups is 4. The maximum Gasteiger partial charge on any atom is 0.410 e.